The quantitative estimate of drug-likeness (QED) is 0.783. The number of rotatable bonds is 8. The molecule has 1 N–H and O–H groups in total. The lowest BCUT2D eigenvalue weighted by molar-refractivity contribution is 0.0692. The van der Waals surface area contributed by atoms with Gasteiger partial charge in [0.1, 0.15) is 17.9 Å². The Hall–Kier alpha value is -1.20. The van der Waals surface area contributed by atoms with Gasteiger partial charge in [-0.05, 0) is 25.4 Å². The smallest absolute Gasteiger partial charge is 0.339 e. The second kappa shape index (κ2) is 8.00. The van der Waals surface area contributed by atoms with Gasteiger partial charge in [-0.25, -0.2) is 4.79 Å². The van der Waals surface area contributed by atoms with Gasteiger partial charge in [0.2, 0.25) is 0 Å². The fourth-order valence-corrected chi connectivity index (χ4v) is 1.93. The van der Waals surface area contributed by atoms with Gasteiger partial charge in [-0.3, -0.25) is 0 Å². The summed E-state index contributed by atoms with van der Waals surface area (Å²) in [6.07, 6.45) is 2.08. The third kappa shape index (κ3) is 4.98. The van der Waals surface area contributed by atoms with Gasteiger partial charge in [0, 0.05) is 18.8 Å². The molecule has 0 atom stereocenters. The molecule has 0 spiro atoms. The first-order valence-electron chi connectivity index (χ1n) is 5.77. The third-order valence-corrected chi connectivity index (χ3v) is 3.12. The summed E-state index contributed by atoms with van der Waals surface area (Å²) in [4.78, 5) is 13.1. The van der Waals surface area contributed by atoms with Crippen molar-refractivity contribution < 1.29 is 14.6 Å². The molecule has 0 fully saturated rings. The molecule has 0 saturated heterocycles. The predicted octanol–water partition coefficient (Wildman–Crippen LogP) is 2.06. The number of likely N-dealkylation sites (N-methyl/N-ethyl adjacent to an activating group) is 1. The maximum absolute atomic E-state index is 11.0. The van der Waals surface area contributed by atoms with Crippen LogP contribution in [0.25, 0.3) is 0 Å². The molecule has 0 aliphatic rings. The summed E-state index contributed by atoms with van der Waals surface area (Å²) in [6, 6.07) is 6.71. The summed E-state index contributed by atoms with van der Waals surface area (Å²) in [5.74, 6) is 0.562. The Morgan fingerprint density at radius 1 is 1.39 bits per heavy atom. The van der Waals surface area contributed by atoms with Crippen molar-refractivity contribution in [1.82, 2.24) is 4.90 Å². The number of para-hydroxylation sites is 1. The summed E-state index contributed by atoms with van der Waals surface area (Å²) in [7, 11) is 2.03. The fraction of sp³-hybridized carbons (Fsp3) is 0.462. The Morgan fingerprint density at radius 3 is 2.78 bits per heavy atom. The average molecular weight is 269 g/mol. The van der Waals surface area contributed by atoms with E-state index in [1.807, 2.05) is 7.05 Å². The molecule has 1 aromatic carbocycles. The molecule has 0 amide bonds. The minimum absolute atomic E-state index is 0.212. The largest absolute Gasteiger partial charge is 0.491 e. The van der Waals surface area contributed by atoms with E-state index in [9.17, 15) is 4.79 Å². The summed E-state index contributed by atoms with van der Waals surface area (Å²) in [5, 5.41) is 9.00. The van der Waals surface area contributed by atoms with Crippen LogP contribution >= 0.6 is 11.8 Å². The van der Waals surface area contributed by atoms with E-state index in [-0.39, 0.29) is 5.56 Å². The maximum atomic E-state index is 11.0. The number of carbonyl (C=O) groups is 1. The third-order valence-electron chi connectivity index (χ3n) is 2.53. The van der Waals surface area contributed by atoms with Gasteiger partial charge in [-0.2, -0.15) is 11.8 Å². The van der Waals surface area contributed by atoms with E-state index in [4.69, 9.17) is 9.84 Å². The minimum Gasteiger partial charge on any atom is -0.491 e. The van der Waals surface area contributed by atoms with Gasteiger partial charge < -0.3 is 14.7 Å². The molecule has 0 radical (unpaired) electrons. The van der Waals surface area contributed by atoms with Gasteiger partial charge in [0.25, 0.3) is 0 Å². The second-order valence-corrected chi connectivity index (χ2v) is 4.93. The monoisotopic (exact) mass is 269 g/mol. The molecule has 0 saturated carbocycles. The Labute approximate surface area is 112 Å². The molecule has 0 bridgehead atoms. The van der Waals surface area contributed by atoms with Crippen molar-refractivity contribution in [3.63, 3.8) is 0 Å². The molecule has 0 unspecified atom stereocenters. The number of nitrogens with zero attached hydrogens (tertiary/aromatic N) is 1. The zero-order valence-electron chi connectivity index (χ0n) is 10.8. The Morgan fingerprint density at radius 2 is 2.11 bits per heavy atom. The van der Waals surface area contributed by atoms with Crippen LogP contribution in [-0.4, -0.2) is 54.7 Å². The van der Waals surface area contributed by atoms with Crippen molar-refractivity contribution >= 4 is 17.7 Å². The van der Waals surface area contributed by atoms with Crippen molar-refractivity contribution in [2.75, 3.05) is 38.8 Å². The first kappa shape index (κ1) is 14.9. The Bertz CT molecular complexity index is 384. The molecule has 18 heavy (non-hydrogen) atoms. The summed E-state index contributed by atoms with van der Waals surface area (Å²) >= 11 is 1.81. The van der Waals surface area contributed by atoms with Gasteiger partial charge in [-0.15, -0.1) is 0 Å². The first-order chi connectivity index (χ1) is 8.65. The van der Waals surface area contributed by atoms with E-state index in [0.717, 1.165) is 18.8 Å². The molecule has 1 aromatic rings. The highest BCUT2D eigenvalue weighted by molar-refractivity contribution is 7.98. The molecular formula is C13H19NO3S. The van der Waals surface area contributed by atoms with Gasteiger partial charge in [-0.1, -0.05) is 12.1 Å². The zero-order chi connectivity index (χ0) is 13.4. The van der Waals surface area contributed by atoms with Crippen LogP contribution in [0.3, 0.4) is 0 Å². The van der Waals surface area contributed by atoms with Crippen LogP contribution in [0.4, 0.5) is 0 Å². The summed E-state index contributed by atoms with van der Waals surface area (Å²) in [5.41, 5.74) is 0.212. The lowest BCUT2D eigenvalue weighted by Crippen LogP contribution is -2.26. The predicted molar refractivity (Wildman–Crippen MR) is 74.8 cm³/mol. The standard InChI is InChI=1S/C13H19NO3S/c1-14(8-10-18-2)7-9-17-12-6-4-3-5-11(12)13(15)16/h3-6H,7-10H2,1-2H3,(H,15,16). The van der Waals surface area contributed by atoms with Crippen molar-refractivity contribution in [3.05, 3.63) is 29.8 Å². The number of carboxylic acids is 1. The van der Waals surface area contributed by atoms with E-state index in [1.54, 1.807) is 36.0 Å². The molecule has 0 aromatic heterocycles. The number of ether oxygens (including phenoxy) is 1. The van der Waals surface area contributed by atoms with Crippen LogP contribution < -0.4 is 4.74 Å². The topological polar surface area (TPSA) is 49.8 Å². The molecule has 4 nitrogen and oxygen atoms in total. The Kier molecular flexibility index (Phi) is 6.60. The molecule has 0 aliphatic carbocycles. The lowest BCUT2D eigenvalue weighted by Gasteiger charge is -2.16. The van der Waals surface area contributed by atoms with Crippen molar-refractivity contribution in [2.45, 2.75) is 0 Å². The van der Waals surface area contributed by atoms with Crippen molar-refractivity contribution in [2.24, 2.45) is 0 Å². The number of hydrogen-bond donors (Lipinski definition) is 1. The van der Waals surface area contributed by atoms with Crippen LogP contribution in [0.15, 0.2) is 24.3 Å². The lowest BCUT2D eigenvalue weighted by atomic mass is 10.2. The van der Waals surface area contributed by atoms with E-state index < -0.39 is 5.97 Å². The van der Waals surface area contributed by atoms with Crippen LogP contribution in [0, 0.1) is 0 Å². The number of carboxylic acid groups (broad SMARTS) is 1. The average Bonchev–Trinajstić information content (AvgIpc) is 2.36. The van der Waals surface area contributed by atoms with Crippen LogP contribution in [-0.2, 0) is 0 Å². The van der Waals surface area contributed by atoms with Gasteiger partial charge >= 0.3 is 5.97 Å². The summed E-state index contributed by atoms with van der Waals surface area (Å²) < 4.78 is 5.52. The minimum atomic E-state index is -0.957. The number of thioether (sulfide) groups is 1. The number of benzene rings is 1. The van der Waals surface area contributed by atoms with Gasteiger partial charge in [0.05, 0.1) is 0 Å². The normalized spacial score (nSPS) is 10.6. The number of hydrogen-bond acceptors (Lipinski definition) is 4. The molecular weight excluding hydrogens is 250 g/mol. The van der Waals surface area contributed by atoms with E-state index in [0.29, 0.717) is 12.4 Å². The highest BCUT2D eigenvalue weighted by atomic mass is 32.2. The second-order valence-electron chi connectivity index (χ2n) is 3.95. The van der Waals surface area contributed by atoms with E-state index in [2.05, 4.69) is 11.2 Å². The fourth-order valence-electron chi connectivity index (χ4n) is 1.44. The highest BCUT2D eigenvalue weighted by Crippen LogP contribution is 2.17. The zero-order valence-corrected chi connectivity index (χ0v) is 11.6. The molecule has 0 heterocycles. The highest BCUT2D eigenvalue weighted by Gasteiger charge is 2.09. The first-order valence-corrected chi connectivity index (χ1v) is 7.17. The molecule has 1 rings (SSSR count). The summed E-state index contributed by atoms with van der Waals surface area (Å²) in [6.45, 7) is 2.29. The SMILES string of the molecule is CSCCN(C)CCOc1ccccc1C(=O)O. The molecule has 100 valence electrons. The Balaban J connectivity index is 2.41. The van der Waals surface area contributed by atoms with Gasteiger partial charge in [0.15, 0.2) is 0 Å². The van der Waals surface area contributed by atoms with E-state index >= 15 is 0 Å². The molecule has 0 aliphatic heterocycles. The van der Waals surface area contributed by atoms with Crippen molar-refractivity contribution in [1.29, 1.82) is 0 Å². The van der Waals surface area contributed by atoms with Crippen LogP contribution in [0.5, 0.6) is 5.75 Å². The number of aromatic carboxylic acids is 1. The van der Waals surface area contributed by atoms with Crippen LogP contribution in [0.2, 0.25) is 0 Å². The van der Waals surface area contributed by atoms with Crippen molar-refractivity contribution in [3.8, 4) is 5.75 Å². The van der Waals surface area contributed by atoms with Crippen LogP contribution in [0.1, 0.15) is 10.4 Å². The van der Waals surface area contributed by atoms with E-state index in [1.165, 1.54) is 0 Å². The molecule has 5 heteroatoms. The maximum Gasteiger partial charge on any atom is 0.339 e.